The Bertz CT molecular complexity index is 330. The largest absolute Gasteiger partial charge is 0.305 e. The van der Waals surface area contributed by atoms with Crippen LogP contribution in [0.1, 0.15) is 17.2 Å². The van der Waals surface area contributed by atoms with Crippen LogP contribution in [0.15, 0.2) is 18.3 Å². The molecule has 0 spiro atoms. The van der Waals surface area contributed by atoms with E-state index < -0.39 is 0 Å². The van der Waals surface area contributed by atoms with Crippen molar-refractivity contribution in [3.8, 4) is 6.07 Å². The number of aromatic nitrogens is 1. The molecule has 1 aliphatic heterocycles. The normalized spacial score (nSPS) is 17.8. The minimum Gasteiger partial charge on any atom is -0.305 e. The van der Waals surface area contributed by atoms with Gasteiger partial charge in [0, 0.05) is 30.9 Å². The Morgan fingerprint density at radius 1 is 1.54 bits per heavy atom. The third-order valence-corrected chi connectivity index (χ3v) is 2.40. The van der Waals surface area contributed by atoms with E-state index >= 15 is 0 Å². The molecule has 13 heavy (non-hydrogen) atoms. The predicted molar refractivity (Wildman–Crippen MR) is 49.2 cm³/mol. The van der Waals surface area contributed by atoms with Gasteiger partial charge in [-0.25, -0.2) is 0 Å². The van der Waals surface area contributed by atoms with Crippen molar-refractivity contribution in [2.45, 2.75) is 5.92 Å². The first kappa shape index (κ1) is 8.21. The van der Waals surface area contributed by atoms with E-state index in [4.69, 9.17) is 5.26 Å². The van der Waals surface area contributed by atoms with Gasteiger partial charge >= 0.3 is 0 Å². The van der Waals surface area contributed by atoms with Crippen LogP contribution in [-0.2, 0) is 0 Å². The third kappa shape index (κ3) is 1.53. The van der Waals surface area contributed by atoms with E-state index in [1.165, 1.54) is 0 Å². The van der Waals surface area contributed by atoms with Crippen LogP contribution >= 0.6 is 0 Å². The lowest BCUT2D eigenvalue weighted by atomic mass is 9.96. The summed E-state index contributed by atoms with van der Waals surface area (Å²) >= 11 is 0. The van der Waals surface area contributed by atoms with E-state index in [0.29, 0.717) is 11.5 Å². The Labute approximate surface area is 77.6 Å². The Balaban J connectivity index is 2.11. The first-order chi connectivity index (χ1) is 6.29. The molecule has 1 aromatic heterocycles. The molecule has 0 unspecified atom stereocenters. The van der Waals surface area contributed by atoms with Gasteiger partial charge in [-0.1, -0.05) is 0 Å². The zero-order valence-electron chi connectivity index (χ0n) is 7.57. The second-order valence-corrected chi connectivity index (χ2v) is 3.50. The molecule has 3 heteroatoms. The van der Waals surface area contributed by atoms with Crippen LogP contribution in [0.25, 0.3) is 0 Å². The Morgan fingerprint density at radius 3 is 2.77 bits per heavy atom. The fourth-order valence-corrected chi connectivity index (χ4v) is 1.60. The van der Waals surface area contributed by atoms with Gasteiger partial charge in [0.2, 0.25) is 0 Å². The van der Waals surface area contributed by atoms with Crippen LogP contribution in [0.4, 0.5) is 0 Å². The zero-order chi connectivity index (χ0) is 9.26. The molecule has 0 aromatic carbocycles. The third-order valence-electron chi connectivity index (χ3n) is 2.40. The summed E-state index contributed by atoms with van der Waals surface area (Å²) in [4.78, 5) is 6.51. The van der Waals surface area contributed by atoms with Crippen LogP contribution in [0.5, 0.6) is 0 Å². The lowest BCUT2D eigenvalue weighted by Gasteiger charge is -2.35. The maximum absolute atomic E-state index is 8.58. The summed E-state index contributed by atoms with van der Waals surface area (Å²) in [5.74, 6) is 0.567. The van der Waals surface area contributed by atoms with Gasteiger partial charge in [-0.15, -0.1) is 0 Å². The van der Waals surface area contributed by atoms with Gasteiger partial charge in [0.05, 0.1) is 5.56 Å². The van der Waals surface area contributed by atoms with Gasteiger partial charge in [-0.05, 0) is 19.2 Å². The van der Waals surface area contributed by atoms with Crippen molar-refractivity contribution in [2.24, 2.45) is 0 Å². The van der Waals surface area contributed by atoms with Gasteiger partial charge in [0.15, 0.2) is 0 Å². The molecule has 1 aromatic rings. The molecule has 0 N–H and O–H groups in total. The average Bonchev–Trinajstić information content (AvgIpc) is 2.13. The molecular formula is C10H11N3. The van der Waals surface area contributed by atoms with E-state index in [9.17, 15) is 0 Å². The van der Waals surface area contributed by atoms with Crippen LogP contribution in [0.2, 0.25) is 0 Å². The molecule has 0 atom stereocenters. The summed E-state index contributed by atoms with van der Waals surface area (Å²) in [5.41, 5.74) is 1.74. The standard InChI is InChI=1S/C10H11N3/c1-13-6-9(7-13)10-3-2-8(4-11)5-12-10/h2-3,5,9H,6-7H2,1H3. The highest BCUT2D eigenvalue weighted by atomic mass is 15.2. The smallest absolute Gasteiger partial charge is 0.101 e. The van der Waals surface area contributed by atoms with Crippen molar-refractivity contribution >= 4 is 0 Å². The second kappa shape index (κ2) is 3.15. The summed E-state index contributed by atoms with van der Waals surface area (Å²) in [7, 11) is 2.10. The highest BCUT2D eigenvalue weighted by molar-refractivity contribution is 5.28. The molecule has 0 radical (unpaired) electrons. The number of hydrogen-bond donors (Lipinski definition) is 0. The minimum atomic E-state index is 0.567. The lowest BCUT2D eigenvalue weighted by molar-refractivity contribution is 0.187. The number of likely N-dealkylation sites (tertiary alicyclic amines) is 1. The van der Waals surface area contributed by atoms with Crippen LogP contribution < -0.4 is 0 Å². The predicted octanol–water partition coefficient (Wildman–Crippen LogP) is 0.982. The first-order valence-corrected chi connectivity index (χ1v) is 4.34. The fourth-order valence-electron chi connectivity index (χ4n) is 1.60. The molecule has 0 aliphatic carbocycles. The molecule has 66 valence electrons. The maximum Gasteiger partial charge on any atom is 0.101 e. The van der Waals surface area contributed by atoms with E-state index in [1.54, 1.807) is 6.20 Å². The molecule has 0 saturated carbocycles. The van der Waals surface area contributed by atoms with Crippen molar-refractivity contribution in [2.75, 3.05) is 20.1 Å². The number of rotatable bonds is 1. The van der Waals surface area contributed by atoms with Crippen LogP contribution in [0, 0.1) is 11.3 Å². The van der Waals surface area contributed by atoms with Crippen molar-refractivity contribution in [3.05, 3.63) is 29.6 Å². The topological polar surface area (TPSA) is 39.9 Å². The maximum atomic E-state index is 8.58. The van der Waals surface area contributed by atoms with Crippen molar-refractivity contribution in [1.29, 1.82) is 5.26 Å². The van der Waals surface area contributed by atoms with Gasteiger partial charge in [-0.2, -0.15) is 5.26 Å². The van der Waals surface area contributed by atoms with Crippen molar-refractivity contribution in [1.82, 2.24) is 9.88 Å². The number of likely N-dealkylation sites (N-methyl/N-ethyl adjacent to an activating group) is 1. The Kier molecular flexibility index (Phi) is 1.99. The average molecular weight is 173 g/mol. The monoisotopic (exact) mass is 173 g/mol. The number of hydrogen-bond acceptors (Lipinski definition) is 3. The van der Waals surface area contributed by atoms with E-state index in [2.05, 4.69) is 23.0 Å². The molecule has 2 rings (SSSR count). The van der Waals surface area contributed by atoms with Gasteiger partial charge in [0.1, 0.15) is 6.07 Å². The van der Waals surface area contributed by atoms with Gasteiger partial charge < -0.3 is 4.90 Å². The summed E-state index contributed by atoms with van der Waals surface area (Å²) in [5, 5.41) is 8.58. The summed E-state index contributed by atoms with van der Waals surface area (Å²) in [6.45, 7) is 2.16. The highest BCUT2D eigenvalue weighted by Gasteiger charge is 2.25. The molecule has 0 amide bonds. The fraction of sp³-hybridized carbons (Fsp3) is 0.400. The van der Waals surface area contributed by atoms with Gasteiger partial charge in [0.25, 0.3) is 0 Å². The van der Waals surface area contributed by atoms with Crippen molar-refractivity contribution < 1.29 is 0 Å². The van der Waals surface area contributed by atoms with E-state index in [1.807, 2.05) is 12.1 Å². The molecular weight excluding hydrogens is 162 g/mol. The highest BCUT2D eigenvalue weighted by Crippen LogP contribution is 2.23. The zero-order valence-corrected chi connectivity index (χ0v) is 7.57. The van der Waals surface area contributed by atoms with E-state index in [-0.39, 0.29) is 0 Å². The molecule has 3 nitrogen and oxygen atoms in total. The molecule has 0 bridgehead atoms. The van der Waals surface area contributed by atoms with Crippen LogP contribution in [0.3, 0.4) is 0 Å². The van der Waals surface area contributed by atoms with E-state index in [0.717, 1.165) is 18.8 Å². The summed E-state index contributed by atoms with van der Waals surface area (Å²) in [6.07, 6.45) is 1.65. The first-order valence-electron chi connectivity index (χ1n) is 4.34. The lowest BCUT2D eigenvalue weighted by Crippen LogP contribution is -2.42. The van der Waals surface area contributed by atoms with Crippen molar-refractivity contribution in [3.63, 3.8) is 0 Å². The van der Waals surface area contributed by atoms with Gasteiger partial charge in [-0.3, -0.25) is 4.98 Å². The minimum absolute atomic E-state index is 0.567. The summed E-state index contributed by atoms with van der Waals surface area (Å²) in [6, 6.07) is 5.85. The number of nitriles is 1. The second-order valence-electron chi connectivity index (χ2n) is 3.50. The molecule has 1 fully saturated rings. The number of nitrogens with zero attached hydrogens (tertiary/aromatic N) is 3. The number of pyridine rings is 1. The Hall–Kier alpha value is -1.40. The molecule has 1 aliphatic rings. The quantitative estimate of drug-likeness (QED) is 0.635. The molecule has 1 saturated heterocycles. The summed E-state index contributed by atoms with van der Waals surface area (Å²) < 4.78 is 0. The SMILES string of the molecule is CN1CC(c2ccc(C#N)cn2)C1. The Morgan fingerprint density at radius 2 is 2.31 bits per heavy atom. The van der Waals surface area contributed by atoms with Crippen LogP contribution in [-0.4, -0.2) is 30.0 Å². The molecule has 2 heterocycles.